The topological polar surface area (TPSA) is 21.3 Å². The van der Waals surface area contributed by atoms with E-state index in [0.29, 0.717) is 6.61 Å². The molecule has 1 unspecified atom stereocenters. The fourth-order valence-electron chi connectivity index (χ4n) is 2.28. The van der Waals surface area contributed by atoms with E-state index < -0.39 is 0 Å². The number of ether oxygens (including phenoxy) is 1. The van der Waals surface area contributed by atoms with Crippen LogP contribution < -0.4 is 10.1 Å². The summed E-state index contributed by atoms with van der Waals surface area (Å²) in [7, 11) is 0. The third-order valence-corrected chi connectivity index (χ3v) is 4.52. The summed E-state index contributed by atoms with van der Waals surface area (Å²) in [5, 5.41) is 3.58. The smallest absolute Gasteiger partial charge is 0.119 e. The molecule has 2 nitrogen and oxygen atoms in total. The Morgan fingerprint density at radius 1 is 1.15 bits per heavy atom. The molecule has 1 aromatic heterocycles. The molecule has 2 aromatic rings. The van der Waals surface area contributed by atoms with Crippen LogP contribution in [0.5, 0.6) is 5.75 Å². The molecular weight excluding hydrogens is 266 g/mol. The van der Waals surface area contributed by atoms with Gasteiger partial charge in [0.25, 0.3) is 0 Å². The van der Waals surface area contributed by atoms with Crippen LogP contribution >= 0.6 is 11.3 Å². The summed E-state index contributed by atoms with van der Waals surface area (Å²) in [4.78, 5) is 2.81. The fourth-order valence-corrected chi connectivity index (χ4v) is 3.33. The highest BCUT2D eigenvalue weighted by Gasteiger charge is 2.15. The molecule has 3 heteroatoms. The predicted octanol–water partition coefficient (Wildman–Crippen LogP) is 4.41. The Bertz CT molecular complexity index is 535. The van der Waals surface area contributed by atoms with E-state index in [1.54, 1.807) is 0 Å². The van der Waals surface area contributed by atoms with Gasteiger partial charge in [0.2, 0.25) is 0 Å². The van der Waals surface area contributed by atoms with E-state index >= 15 is 0 Å². The van der Waals surface area contributed by atoms with Crippen LogP contribution in [-0.4, -0.2) is 13.2 Å². The second kappa shape index (κ2) is 7.46. The molecule has 20 heavy (non-hydrogen) atoms. The van der Waals surface area contributed by atoms with Gasteiger partial charge in [0, 0.05) is 9.75 Å². The number of benzene rings is 1. The van der Waals surface area contributed by atoms with Gasteiger partial charge in [-0.2, -0.15) is 0 Å². The Morgan fingerprint density at radius 3 is 2.65 bits per heavy atom. The van der Waals surface area contributed by atoms with Crippen molar-refractivity contribution in [3.63, 3.8) is 0 Å². The van der Waals surface area contributed by atoms with Crippen molar-refractivity contribution in [3.05, 3.63) is 51.7 Å². The summed E-state index contributed by atoms with van der Waals surface area (Å²) in [6, 6.07) is 13.1. The van der Waals surface area contributed by atoms with Gasteiger partial charge in [0.1, 0.15) is 5.75 Å². The van der Waals surface area contributed by atoms with E-state index in [9.17, 15) is 0 Å². The first-order valence-corrected chi connectivity index (χ1v) is 8.14. The molecule has 0 amide bonds. The maximum absolute atomic E-state index is 5.61. The van der Waals surface area contributed by atoms with Gasteiger partial charge in [0.05, 0.1) is 12.6 Å². The molecule has 1 atom stereocenters. The Labute approximate surface area is 125 Å². The Balaban J connectivity index is 2.29. The van der Waals surface area contributed by atoms with Gasteiger partial charge in [-0.1, -0.05) is 26.0 Å². The van der Waals surface area contributed by atoms with E-state index in [1.165, 1.54) is 15.3 Å². The van der Waals surface area contributed by atoms with Gasteiger partial charge >= 0.3 is 0 Å². The molecule has 0 aliphatic heterocycles. The lowest BCUT2D eigenvalue weighted by atomic mass is 10.0. The minimum absolute atomic E-state index is 0.255. The van der Waals surface area contributed by atoms with Gasteiger partial charge in [-0.15, -0.1) is 11.3 Å². The van der Waals surface area contributed by atoms with E-state index in [2.05, 4.69) is 49.5 Å². The highest BCUT2D eigenvalue weighted by molar-refractivity contribution is 7.12. The van der Waals surface area contributed by atoms with E-state index in [0.717, 1.165) is 18.7 Å². The monoisotopic (exact) mass is 289 g/mol. The number of nitrogens with one attached hydrogen (secondary N) is 1. The van der Waals surface area contributed by atoms with Crippen LogP contribution in [0, 0.1) is 0 Å². The van der Waals surface area contributed by atoms with Crippen molar-refractivity contribution in [1.29, 1.82) is 0 Å². The lowest BCUT2D eigenvalue weighted by Gasteiger charge is -2.18. The highest BCUT2D eigenvalue weighted by atomic mass is 32.1. The van der Waals surface area contributed by atoms with Crippen LogP contribution in [0.3, 0.4) is 0 Å². The van der Waals surface area contributed by atoms with Crippen molar-refractivity contribution in [2.24, 2.45) is 0 Å². The molecule has 2 rings (SSSR count). The average Bonchev–Trinajstić information content (AvgIpc) is 2.94. The minimum atomic E-state index is 0.255. The molecule has 1 N–H and O–H groups in total. The van der Waals surface area contributed by atoms with Crippen LogP contribution in [-0.2, 0) is 6.42 Å². The standard InChI is InChI=1S/C17H23NOS/c1-4-15-10-11-16(20-15)17(18-5-2)13-8-7-9-14(12-13)19-6-3/h7-12,17-18H,4-6H2,1-3H3. The number of thiophene rings is 1. The van der Waals surface area contributed by atoms with Crippen LogP contribution in [0.25, 0.3) is 0 Å². The first kappa shape index (κ1) is 15.1. The summed E-state index contributed by atoms with van der Waals surface area (Å²) >= 11 is 1.89. The second-order valence-corrected chi connectivity index (χ2v) is 5.85. The number of aryl methyl sites for hydroxylation is 1. The van der Waals surface area contributed by atoms with Gasteiger partial charge in [-0.25, -0.2) is 0 Å². The second-order valence-electron chi connectivity index (χ2n) is 4.65. The van der Waals surface area contributed by atoms with Gasteiger partial charge in [-0.3, -0.25) is 0 Å². The predicted molar refractivity (Wildman–Crippen MR) is 86.8 cm³/mol. The van der Waals surface area contributed by atoms with Crippen molar-refractivity contribution in [2.75, 3.05) is 13.2 Å². The summed E-state index contributed by atoms with van der Waals surface area (Å²) < 4.78 is 5.61. The first-order chi connectivity index (χ1) is 9.78. The molecule has 1 heterocycles. The van der Waals surface area contributed by atoms with E-state index in [-0.39, 0.29) is 6.04 Å². The summed E-state index contributed by atoms with van der Waals surface area (Å²) in [6.07, 6.45) is 1.10. The van der Waals surface area contributed by atoms with Gasteiger partial charge in [0.15, 0.2) is 0 Å². The quantitative estimate of drug-likeness (QED) is 0.815. The molecule has 0 radical (unpaired) electrons. The SMILES string of the molecule is CCNC(c1cccc(OCC)c1)c1ccc(CC)s1. The van der Waals surface area contributed by atoms with Crippen molar-refractivity contribution >= 4 is 11.3 Å². The number of hydrogen-bond donors (Lipinski definition) is 1. The highest BCUT2D eigenvalue weighted by Crippen LogP contribution is 2.30. The normalized spacial score (nSPS) is 12.3. The van der Waals surface area contributed by atoms with Gasteiger partial charge in [-0.05, 0) is 49.7 Å². The van der Waals surface area contributed by atoms with Crippen molar-refractivity contribution in [1.82, 2.24) is 5.32 Å². The number of rotatable bonds is 7. The third kappa shape index (κ3) is 3.62. The molecule has 1 aromatic carbocycles. The lowest BCUT2D eigenvalue weighted by Crippen LogP contribution is -2.21. The number of hydrogen-bond acceptors (Lipinski definition) is 3. The maximum Gasteiger partial charge on any atom is 0.119 e. The third-order valence-electron chi connectivity index (χ3n) is 3.23. The van der Waals surface area contributed by atoms with Crippen molar-refractivity contribution < 1.29 is 4.74 Å². The van der Waals surface area contributed by atoms with Crippen LogP contribution in [0.2, 0.25) is 0 Å². The van der Waals surface area contributed by atoms with Crippen molar-refractivity contribution in [2.45, 2.75) is 33.2 Å². The Morgan fingerprint density at radius 2 is 2.00 bits per heavy atom. The molecule has 0 bridgehead atoms. The summed E-state index contributed by atoms with van der Waals surface area (Å²) in [6.45, 7) is 8.01. The molecule has 108 valence electrons. The summed E-state index contributed by atoms with van der Waals surface area (Å²) in [5.74, 6) is 0.945. The molecule has 0 saturated carbocycles. The van der Waals surface area contributed by atoms with Crippen LogP contribution in [0.4, 0.5) is 0 Å². The zero-order chi connectivity index (χ0) is 14.4. The minimum Gasteiger partial charge on any atom is -0.494 e. The molecule has 0 saturated heterocycles. The molecule has 0 fully saturated rings. The van der Waals surface area contributed by atoms with Crippen LogP contribution in [0.15, 0.2) is 36.4 Å². The lowest BCUT2D eigenvalue weighted by molar-refractivity contribution is 0.339. The maximum atomic E-state index is 5.61. The van der Waals surface area contributed by atoms with Crippen LogP contribution in [0.1, 0.15) is 42.1 Å². The average molecular weight is 289 g/mol. The van der Waals surface area contributed by atoms with E-state index in [4.69, 9.17) is 4.74 Å². The zero-order valence-corrected chi connectivity index (χ0v) is 13.3. The zero-order valence-electron chi connectivity index (χ0n) is 12.5. The van der Waals surface area contributed by atoms with Gasteiger partial charge < -0.3 is 10.1 Å². The van der Waals surface area contributed by atoms with Crippen molar-refractivity contribution in [3.8, 4) is 5.75 Å². The molecule has 0 spiro atoms. The first-order valence-electron chi connectivity index (χ1n) is 7.33. The largest absolute Gasteiger partial charge is 0.494 e. The van der Waals surface area contributed by atoms with E-state index in [1.807, 2.05) is 24.3 Å². The fraction of sp³-hybridized carbons (Fsp3) is 0.412. The summed E-state index contributed by atoms with van der Waals surface area (Å²) in [5.41, 5.74) is 1.27. The molecule has 0 aliphatic carbocycles. The molecular formula is C17H23NOS. The molecule has 0 aliphatic rings. The Kier molecular flexibility index (Phi) is 5.62. The Hall–Kier alpha value is -1.32.